The third kappa shape index (κ3) is 3.27. The van der Waals surface area contributed by atoms with E-state index in [-0.39, 0.29) is 6.04 Å². The molecule has 3 N–H and O–H groups in total. The molecule has 6 heteroatoms. The Hall–Kier alpha value is -0.430. The van der Waals surface area contributed by atoms with Gasteiger partial charge in [-0.05, 0) is 25.5 Å². The highest BCUT2D eigenvalue weighted by atomic mass is 32.2. The van der Waals surface area contributed by atoms with Crippen LogP contribution >= 0.6 is 11.3 Å². The number of rotatable bonds is 5. The molecule has 0 saturated heterocycles. The second-order valence-electron chi connectivity index (χ2n) is 3.33. The van der Waals surface area contributed by atoms with E-state index in [2.05, 4.69) is 4.72 Å². The lowest BCUT2D eigenvalue weighted by atomic mass is 10.4. The molecule has 0 aliphatic rings. The highest BCUT2D eigenvalue weighted by Gasteiger charge is 2.18. The van der Waals surface area contributed by atoms with Crippen LogP contribution in [0, 0.1) is 0 Å². The molecular formula is C9H16N2O2S2. The van der Waals surface area contributed by atoms with Crippen molar-refractivity contribution in [2.45, 2.75) is 30.5 Å². The molecule has 0 amide bonds. The molecule has 0 radical (unpaired) electrons. The van der Waals surface area contributed by atoms with E-state index in [0.717, 1.165) is 11.3 Å². The Morgan fingerprint density at radius 3 is 2.67 bits per heavy atom. The van der Waals surface area contributed by atoms with Gasteiger partial charge in [0.2, 0.25) is 10.0 Å². The fraction of sp³-hybridized carbons (Fsp3) is 0.556. The Labute approximate surface area is 94.5 Å². The lowest BCUT2D eigenvalue weighted by Gasteiger charge is -2.10. The maximum atomic E-state index is 11.8. The molecule has 1 aromatic rings. The van der Waals surface area contributed by atoms with E-state index in [9.17, 15) is 8.42 Å². The van der Waals surface area contributed by atoms with Crippen LogP contribution in [-0.2, 0) is 16.4 Å². The third-order valence-electron chi connectivity index (χ3n) is 1.96. The molecule has 0 bridgehead atoms. The standard InChI is InChI=1S/C9H16N2O2S2/c1-3-8-4-5-9(14-8)15(12,13)11-7(2)6-10/h4-5,7,11H,3,6,10H2,1-2H3/t7-/m0/s1. The summed E-state index contributed by atoms with van der Waals surface area (Å²) in [4.78, 5) is 1.07. The Balaban J connectivity index is 2.86. The van der Waals surface area contributed by atoms with Crippen molar-refractivity contribution in [3.8, 4) is 0 Å². The molecule has 0 fully saturated rings. The van der Waals surface area contributed by atoms with Crippen molar-refractivity contribution < 1.29 is 8.42 Å². The van der Waals surface area contributed by atoms with Crippen LogP contribution in [-0.4, -0.2) is 21.0 Å². The topological polar surface area (TPSA) is 72.2 Å². The van der Waals surface area contributed by atoms with Crippen LogP contribution in [0.1, 0.15) is 18.7 Å². The monoisotopic (exact) mass is 248 g/mol. The highest BCUT2D eigenvalue weighted by Crippen LogP contribution is 2.21. The van der Waals surface area contributed by atoms with Crippen LogP contribution < -0.4 is 10.5 Å². The van der Waals surface area contributed by atoms with Gasteiger partial charge in [0.25, 0.3) is 0 Å². The van der Waals surface area contributed by atoms with Gasteiger partial charge >= 0.3 is 0 Å². The third-order valence-corrected chi connectivity index (χ3v) is 5.27. The quantitative estimate of drug-likeness (QED) is 0.814. The van der Waals surface area contributed by atoms with E-state index in [1.807, 2.05) is 13.0 Å². The highest BCUT2D eigenvalue weighted by molar-refractivity contribution is 7.91. The Morgan fingerprint density at radius 1 is 1.53 bits per heavy atom. The molecule has 4 nitrogen and oxygen atoms in total. The van der Waals surface area contributed by atoms with Crippen molar-refractivity contribution in [1.82, 2.24) is 4.72 Å². The second-order valence-corrected chi connectivity index (χ2v) is 6.44. The maximum absolute atomic E-state index is 11.8. The molecular weight excluding hydrogens is 232 g/mol. The average molecular weight is 248 g/mol. The van der Waals surface area contributed by atoms with Gasteiger partial charge in [-0.2, -0.15) is 0 Å². The minimum Gasteiger partial charge on any atom is -0.329 e. The Morgan fingerprint density at radius 2 is 2.20 bits per heavy atom. The van der Waals surface area contributed by atoms with E-state index in [4.69, 9.17) is 5.73 Å². The van der Waals surface area contributed by atoms with E-state index < -0.39 is 10.0 Å². The summed E-state index contributed by atoms with van der Waals surface area (Å²) < 4.78 is 26.4. The molecule has 86 valence electrons. The summed E-state index contributed by atoms with van der Waals surface area (Å²) in [6.07, 6.45) is 0.854. The fourth-order valence-electron chi connectivity index (χ4n) is 1.06. The van der Waals surface area contributed by atoms with E-state index in [0.29, 0.717) is 10.8 Å². The summed E-state index contributed by atoms with van der Waals surface area (Å²) in [5.74, 6) is 0. The van der Waals surface area contributed by atoms with Crippen molar-refractivity contribution in [3.05, 3.63) is 17.0 Å². The van der Waals surface area contributed by atoms with E-state index in [1.54, 1.807) is 13.0 Å². The van der Waals surface area contributed by atoms with Crippen LogP contribution in [0.25, 0.3) is 0 Å². The van der Waals surface area contributed by atoms with Crippen LogP contribution in [0.2, 0.25) is 0 Å². The fourth-order valence-corrected chi connectivity index (χ4v) is 3.63. The number of nitrogens with two attached hydrogens (primary N) is 1. The number of hydrogen-bond acceptors (Lipinski definition) is 4. The minimum atomic E-state index is -3.37. The first kappa shape index (κ1) is 12.6. The molecule has 1 heterocycles. The largest absolute Gasteiger partial charge is 0.329 e. The smallest absolute Gasteiger partial charge is 0.250 e. The zero-order valence-electron chi connectivity index (χ0n) is 8.86. The molecule has 0 aliphatic carbocycles. The zero-order valence-corrected chi connectivity index (χ0v) is 10.5. The zero-order chi connectivity index (χ0) is 11.5. The number of thiophene rings is 1. The van der Waals surface area contributed by atoms with Gasteiger partial charge in [-0.15, -0.1) is 11.3 Å². The van der Waals surface area contributed by atoms with Crippen LogP contribution in [0.15, 0.2) is 16.3 Å². The number of hydrogen-bond donors (Lipinski definition) is 2. The summed E-state index contributed by atoms with van der Waals surface area (Å²) in [5.41, 5.74) is 5.37. The van der Waals surface area contributed by atoms with Crippen LogP contribution in [0.3, 0.4) is 0 Å². The van der Waals surface area contributed by atoms with Crippen molar-refractivity contribution in [3.63, 3.8) is 0 Å². The first-order valence-electron chi connectivity index (χ1n) is 4.80. The second kappa shape index (κ2) is 5.07. The molecule has 0 aliphatic heterocycles. The van der Waals surface area contributed by atoms with Crippen LogP contribution in [0.5, 0.6) is 0 Å². The van der Waals surface area contributed by atoms with Crippen molar-refractivity contribution in [1.29, 1.82) is 0 Å². The normalized spacial score (nSPS) is 14.1. The average Bonchev–Trinajstić information content (AvgIpc) is 2.65. The summed E-state index contributed by atoms with van der Waals surface area (Å²) in [7, 11) is -3.37. The van der Waals surface area contributed by atoms with Gasteiger partial charge in [-0.3, -0.25) is 0 Å². The van der Waals surface area contributed by atoms with Crippen molar-refractivity contribution >= 4 is 21.4 Å². The van der Waals surface area contributed by atoms with Gasteiger partial charge in [0.05, 0.1) is 0 Å². The van der Waals surface area contributed by atoms with Gasteiger partial charge in [-0.1, -0.05) is 6.92 Å². The summed E-state index contributed by atoms with van der Waals surface area (Å²) in [5, 5.41) is 0. The molecule has 1 atom stereocenters. The van der Waals surface area contributed by atoms with Gasteiger partial charge in [-0.25, -0.2) is 13.1 Å². The lowest BCUT2D eigenvalue weighted by Crippen LogP contribution is -2.37. The summed E-state index contributed by atoms with van der Waals surface area (Å²) in [6.45, 7) is 4.04. The van der Waals surface area contributed by atoms with Gasteiger partial charge < -0.3 is 5.73 Å². The van der Waals surface area contributed by atoms with Crippen molar-refractivity contribution in [2.75, 3.05) is 6.54 Å². The minimum absolute atomic E-state index is 0.234. The number of nitrogens with one attached hydrogen (secondary N) is 1. The molecule has 1 aromatic heterocycles. The molecule has 1 rings (SSSR count). The van der Waals surface area contributed by atoms with Gasteiger partial charge in [0, 0.05) is 17.5 Å². The summed E-state index contributed by atoms with van der Waals surface area (Å²) in [6, 6.07) is 3.24. The number of aryl methyl sites for hydroxylation is 1. The van der Waals surface area contributed by atoms with Gasteiger partial charge in [0.1, 0.15) is 4.21 Å². The Bertz CT molecular complexity index is 412. The van der Waals surface area contributed by atoms with Gasteiger partial charge in [0.15, 0.2) is 0 Å². The molecule has 0 unspecified atom stereocenters. The molecule has 15 heavy (non-hydrogen) atoms. The Kier molecular flexibility index (Phi) is 4.27. The van der Waals surface area contributed by atoms with Crippen molar-refractivity contribution in [2.24, 2.45) is 5.73 Å². The molecule has 0 spiro atoms. The lowest BCUT2D eigenvalue weighted by molar-refractivity contribution is 0.564. The molecule has 0 saturated carbocycles. The maximum Gasteiger partial charge on any atom is 0.250 e. The molecule has 0 aromatic carbocycles. The first-order valence-corrected chi connectivity index (χ1v) is 7.10. The SMILES string of the molecule is CCc1ccc(S(=O)(=O)N[C@@H](C)CN)s1. The van der Waals surface area contributed by atoms with E-state index >= 15 is 0 Å². The first-order chi connectivity index (χ1) is 6.99. The predicted molar refractivity (Wildman–Crippen MR) is 62.5 cm³/mol. The van der Waals surface area contributed by atoms with Crippen LogP contribution in [0.4, 0.5) is 0 Å². The van der Waals surface area contributed by atoms with E-state index in [1.165, 1.54) is 11.3 Å². The predicted octanol–water partition coefficient (Wildman–Crippen LogP) is 0.936. The number of sulfonamides is 1. The summed E-state index contributed by atoms with van der Waals surface area (Å²) >= 11 is 1.30.